The molecule has 0 aliphatic rings. The molecule has 0 fully saturated rings. The molecule has 0 spiro atoms. The first-order chi connectivity index (χ1) is 8.54. The Balaban J connectivity index is 2.57. The van der Waals surface area contributed by atoms with Gasteiger partial charge in [0.1, 0.15) is 5.82 Å². The lowest BCUT2D eigenvalue weighted by Gasteiger charge is -2.19. The number of carbonyl (C=O) groups is 1. The molecule has 0 bridgehead atoms. The summed E-state index contributed by atoms with van der Waals surface area (Å²) in [6.07, 6.45) is 5.06. The Bertz CT molecular complexity index is 453. The van der Waals surface area contributed by atoms with Crippen molar-refractivity contribution < 1.29 is 9.18 Å². The van der Waals surface area contributed by atoms with E-state index in [9.17, 15) is 9.18 Å². The van der Waals surface area contributed by atoms with Gasteiger partial charge >= 0.3 is 0 Å². The van der Waals surface area contributed by atoms with Gasteiger partial charge in [0.15, 0.2) is 0 Å². The van der Waals surface area contributed by atoms with Crippen LogP contribution >= 0.6 is 0 Å². The maximum absolute atomic E-state index is 13.1. The third-order valence-electron chi connectivity index (χ3n) is 2.61. The minimum atomic E-state index is -0.392. The maximum Gasteiger partial charge on any atom is 0.237 e. The molecule has 1 rings (SSSR count). The second-order valence-electron chi connectivity index (χ2n) is 4.09. The lowest BCUT2D eigenvalue weighted by Crippen LogP contribution is -2.43. The molecular weight excluding hydrogens is 231 g/mol. The van der Waals surface area contributed by atoms with Crippen LogP contribution in [0.25, 0.3) is 0 Å². The molecule has 2 N–H and O–H groups in total. The smallest absolute Gasteiger partial charge is 0.237 e. The van der Waals surface area contributed by atoms with Gasteiger partial charge in [0.2, 0.25) is 5.91 Å². The van der Waals surface area contributed by atoms with E-state index in [0.717, 1.165) is 5.56 Å². The van der Waals surface area contributed by atoms with Crippen molar-refractivity contribution in [3.63, 3.8) is 0 Å². The SMILES string of the molecule is C#CCNC(=O)C(C)NC(C)c1cccc(F)c1. The van der Waals surface area contributed by atoms with Crippen molar-refractivity contribution in [2.45, 2.75) is 25.9 Å². The van der Waals surface area contributed by atoms with Gasteiger partial charge in [-0.1, -0.05) is 18.1 Å². The predicted octanol–water partition coefficient (Wildman–Crippen LogP) is 1.61. The molecule has 0 heterocycles. The molecule has 0 saturated carbocycles. The molecule has 0 aliphatic carbocycles. The van der Waals surface area contributed by atoms with Crippen molar-refractivity contribution in [3.8, 4) is 12.3 Å². The van der Waals surface area contributed by atoms with Gasteiger partial charge in [-0.05, 0) is 31.5 Å². The number of amides is 1. The van der Waals surface area contributed by atoms with Crippen LogP contribution < -0.4 is 10.6 Å². The van der Waals surface area contributed by atoms with Crippen LogP contribution in [-0.4, -0.2) is 18.5 Å². The molecule has 96 valence electrons. The van der Waals surface area contributed by atoms with Crippen LogP contribution in [0.5, 0.6) is 0 Å². The van der Waals surface area contributed by atoms with E-state index in [1.807, 2.05) is 13.0 Å². The fraction of sp³-hybridized carbons (Fsp3) is 0.357. The predicted molar refractivity (Wildman–Crippen MR) is 69.3 cm³/mol. The van der Waals surface area contributed by atoms with Crippen LogP contribution in [0.4, 0.5) is 4.39 Å². The van der Waals surface area contributed by atoms with Crippen LogP contribution in [0.2, 0.25) is 0 Å². The molecule has 1 amide bonds. The zero-order valence-corrected chi connectivity index (χ0v) is 10.5. The second kappa shape index (κ2) is 6.77. The number of rotatable bonds is 5. The lowest BCUT2D eigenvalue weighted by atomic mass is 10.1. The number of carbonyl (C=O) groups excluding carboxylic acids is 1. The van der Waals surface area contributed by atoms with Crippen LogP contribution in [0, 0.1) is 18.2 Å². The molecule has 0 saturated heterocycles. The van der Waals surface area contributed by atoms with Crippen molar-refractivity contribution in [1.29, 1.82) is 0 Å². The molecule has 1 aromatic carbocycles. The summed E-state index contributed by atoms with van der Waals surface area (Å²) in [4.78, 5) is 11.6. The molecule has 4 heteroatoms. The Morgan fingerprint density at radius 2 is 2.22 bits per heavy atom. The summed E-state index contributed by atoms with van der Waals surface area (Å²) in [5, 5.41) is 5.67. The molecule has 0 radical (unpaired) electrons. The zero-order valence-electron chi connectivity index (χ0n) is 10.5. The van der Waals surface area contributed by atoms with E-state index in [-0.39, 0.29) is 24.3 Å². The normalized spacial score (nSPS) is 13.4. The number of hydrogen-bond donors (Lipinski definition) is 2. The molecule has 3 nitrogen and oxygen atoms in total. The molecule has 0 aliphatic heterocycles. The third-order valence-corrected chi connectivity index (χ3v) is 2.61. The van der Waals surface area contributed by atoms with E-state index in [1.54, 1.807) is 13.0 Å². The Kier molecular flexibility index (Phi) is 5.34. The van der Waals surface area contributed by atoms with Crippen molar-refractivity contribution in [1.82, 2.24) is 10.6 Å². The van der Waals surface area contributed by atoms with Crippen LogP contribution in [-0.2, 0) is 4.79 Å². The fourth-order valence-electron chi connectivity index (χ4n) is 1.61. The van der Waals surface area contributed by atoms with Gasteiger partial charge in [0, 0.05) is 6.04 Å². The summed E-state index contributed by atoms with van der Waals surface area (Å²) >= 11 is 0. The second-order valence-corrected chi connectivity index (χ2v) is 4.09. The molecule has 1 aromatic rings. The summed E-state index contributed by atoms with van der Waals surface area (Å²) in [6, 6.07) is 5.78. The van der Waals surface area contributed by atoms with Crippen LogP contribution in [0.3, 0.4) is 0 Å². The number of benzene rings is 1. The standard InChI is InChI=1S/C14H17FN2O/c1-4-8-16-14(18)11(3)17-10(2)12-6-5-7-13(15)9-12/h1,5-7,9-11,17H,8H2,2-3H3,(H,16,18). The first kappa shape index (κ1) is 14.2. The summed E-state index contributed by atoms with van der Waals surface area (Å²) in [6.45, 7) is 3.82. The van der Waals surface area contributed by atoms with E-state index < -0.39 is 6.04 Å². The van der Waals surface area contributed by atoms with Crippen molar-refractivity contribution in [2.24, 2.45) is 0 Å². The van der Waals surface area contributed by atoms with Crippen LogP contribution in [0.1, 0.15) is 25.5 Å². The number of terminal acetylenes is 1. The summed E-state index contributed by atoms with van der Waals surface area (Å²) in [5.74, 6) is 1.88. The minimum absolute atomic E-state index is 0.118. The highest BCUT2D eigenvalue weighted by Crippen LogP contribution is 2.13. The van der Waals surface area contributed by atoms with E-state index in [4.69, 9.17) is 6.42 Å². The van der Waals surface area contributed by atoms with Crippen LogP contribution in [0.15, 0.2) is 24.3 Å². The Morgan fingerprint density at radius 1 is 1.50 bits per heavy atom. The van der Waals surface area contributed by atoms with Crippen molar-refractivity contribution in [3.05, 3.63) is 35.6 Å². The quantitative estimate of drug-likeness (QED) is 0.777. The average molecular weight is 248 g/mol. The summed E-state index contributed by atoms with van der Waals surface area (Å²) < 4.78 is 13.1. The molecule has 18 heavy (non-hydrogen) atoms. The number of nitrogens with one attached hydrogen (secondary N) is 2. The van der Waals surface area contributed by atoms with E-state index in [2.05, 4.69) is 16.6 Å². The van der Waals surface area contributed by atoms with Gasteiger partial charge in [0.05, 0.1) is 12.6 Å². The van der Waals surface area contributed by atoms with E-state index in [0.29, 0.717) is 0 Å². The van der Waals surface area contributed by atoms with Gasteiger partial charge in [-0.3, -0.25) is 10.1 Å². The van der Waals surface area contributed by atoms with Gasteiger partial charge in [-0.15, -0.1) is 6.42 Å². The van der Waals surface area contributed by atoms with Crippen molar-refractivity contribution >= 4 is 5.91 Å². The molecule has 2 atom stereocenters. The fourth-order valence-corrected chi connectivity index (χ4v) is 1.61. The maximum atomic E-state index is 13.1. The monoisotopic (exact) mass is 248 g/mol. The lowest BCUT2D eigenvalue weighted by molar-refractivity contribution is -0.122. The van der Waals surface area contributed by atoms with Crippen molar-refractivity contribution in [2.75, 3.05) is 6.54 Å². The summed E-state index contributed by atoms with van der Waals surface area (Å²) in [7, 11) is 0. The first-order valence-electron chi connectivity index (χ1n) is 5.77. The number of halogens is 1. The Labute approximate surface area is 107 Å². The molecular formula is C14H17FN2O. The largest absolute Gasteiger partial charge is 0.344 e. The third kappa shape index (κ3) is 4.19. The summed E-state index contributed by atoms with van der Waals surface area (Å²) in [5.41, 5.74) is 0.798. The molecule has 2 unspecified atom stereocenters. The zero-order chi connectivity index (χ0) is 13.5. The average Bonchev–Trinajstić information content (AvgIpc) is 2.35. The highest BCUT2D eigenvalue weighted by atomic mass is 19.1. The highest BCUT2D eigenvalue weighted by Gasteiger charge is 2.15. The van der Waals surface area contributed by atoms with Gasteiger partial charge in [-0.25, -0.2) is 4.39 Å². The highest BCUT2D eigenvalue weighted by molar-refractivity contribution is 5.81. The van der Waals surface area contributed by atoms with Gasteiger partial charge in [-0.2, -0.15) is 0 Å². The number of hydrogen-bond acceptors (Lipinski definition) is 2. The minimum Gasteiger partial charge on any atom is -0.344 e. The molecule has 0 aromatic heterocycles. The Hall–Kier alpha value is -1.86. The van der Waals surface area contributed by atoms with Gasteiger partial charge < -0.3 is 5.32 Å². The topological polar surface area (TPSA) is 41.1 Å². The van der Waals surface area contributed by atoms with Gasteiger partial charge in [0.25, 0.3) is 0 Å². The van der Waals surface area contributed by atoms with E-state index in [1.165, 1.54) is 12.1 Å². The Morgan fingerprint density at radius 3 is 2.83 bits per heavy atom. The first-order valence-corrected chi connectivity index (χ1v) is 5.77. The van der Waals surface area contributed by atoms with E-state index >= 15 is 0 Å².